The zero-order valence-corrected chi connectivity index (χ0v) is 14.3. The van der Waals surface area contributed by atoms with E-state index in [0.29, 0.717) is 12.2 Å². The number of aryl methyl sites for hydroxylation is 1. The van der Waals surface area contributed by atoms with Crippen molar-refractivity contribution in [2.45, 2.75) is 19.9 Å². The minimum atomic E-state index is -0.381. The summed E-state index contributed by atoms with van der Waals surface area (Å²) in [5, 5.41) is 4.22. The van der Waals surface area contributed by atoms with E-state index in [1.807, 2.05) is 12.1 Å². The lowest BCUT2D eigenvalue weighted by Gasteiger charge is -2.16. The highest BCUT2D eigenvalue weighted by Crippen LogP contribution is 2.14. The first-order valence-corrected chi connectivity index (χ1v) is 8.22. The number of para-hydroxylation sites is 1. The fraction of sp³-hybridized carbons (Fsp3) is 0.200. The molecule has 0 aliphatic rings. The van der Waals surface area contributed by atoms with Crippen LogP contribution in [0.15, 0.2) is 60.8 Å². The van der Waals surface area contributed by atoms with Crippen LogP contribution >= 0.6 is 0 Å². The zero-order valence-electron chi connectivity index (χ0n) is 14.3. The third-order valence-electron chi connectivity index (χ3n) is 4.11. The number of carbonyl (C=O) groups excluding carboxylic acids is 1. The van der Waals surface area contributed by atoms with Gasteiger partial charge in [0.25, 0.3) is 5.91 Å². The largest absolute Gasteiger partial charge is 0.336 e. The van der Waals surface area contributed by atoms with Crippen LogP contribution in [0.25, 0.3) is 5.69 Å². The third-order valence-corrected chi connectivity index (χ3v) is 4.11. The van der Waals surface area contributed by atoms with Gasteiger partial charge < -0.3 is 4.90 Å². The summed E-state index contributed by atoms with van der Waals surface area (Å²) in [6.45, 7) is 2.60. The van der Waals surface area contributed by atoms with Crippen molar-refractivity contribution in [3.8, 4) is 5.69 Å². The van der Waals surface area contributed by atoms with Gasteiger partial charge in [-0.25, -0.2) is 9.07 Å². The summed E-state index contributed by atoms with van der Waals surface area (Å²) in [5.74, 6) is -0.580. The molecule has 0 N–H and O–H groups in total. The maximum absolute atomic E-state index is 13.8. The molecular weight excluding hydrogens is 317 g/mol. The molecule has 0 saturated carbocycles. The van der Waals surface area contributed by atoms with Crippen LogP contribution in [-0.4, -0.2) is 27.6 Å². The molecule has 3 rings (SSSR count). The van der Waals surface area contributed by atoms with E-state index in [1.54, 1.807) is 42.4 Å². The molecule has 128 valence electrons. The van der Waals surface area contributed by atoms with Gasteiger partial charge >= 0.3 is 0 Å². The molecular formula is C20H20FN3O. The molecule has 0 radical (unpaired) electrons. The molecule has 2 aromatic carbocycles. The molecule has 5 heteroatoms. The van der Waals surface area contributed by atoms with Crippen LogP contribution in [0, 0.1) is 5.82 Å². The molecule has 0 aliphatic carbocycles. The van der Waals surface area contributed by atoms with Gasteiger partial charge in [0.1, 0.15) is 11.5 Å². The van der Waals surface area contributed by atoms with Crippen LogP contribution in [0.2, 0.25) is 0 Å². The smallest absolute Gasteiger partial charge is 0.274 e. The minimum absolute atomic E-state index is 0.199. The molecule has 1 heterocycles. The van der Waals surface area contributed by atoms with Gasteiger partial charge in [-0.15, -0.1) is 0 Å². The van der Waals surface area contributed by atoms with Crippen LogP contribution in [0.4, 0.5) is 4.39 Å². The first kappa shape index (κ1) is 16.9. The second-order valence-corrected chi connectivity index (χ2v) is 5.93. The van der Waals surface area contributed by atoms with Gasteiger partial charge in [-0.2, -0.15) is 5.10 Å². The van der Waals surface area contributed by atoms with Crippen molar-refractivity contribution in [2.24, 2.45) is 0 Å². The number of aromatic nitrogens is 2. The van der Waals surface area contributed by atoms with E-state index >= 15 is 0 Å². The molecule has 3 aromatic rings. The average Bonchev–Trinajstić information content (AvgIpc) is 3.12. The van der Waals surface area contributed by atoms with Gasteiger partial charge in [-0.05, 0) is 35.7 Å². The van der Waals surface area contributed by atoms with Gasteiger partial charge in [-0.1, -0.05) is 43.3 Å². The Labute approximate surface area is 146 Å². The van der Waals surface area contributed by atoms with Crippen molar-refractivity contribution in [3.05, 3.63) is 83.4 Å². The van der Waals surface area contributed by atoms with Gasteiger partial charge in [0.05, 0.1) is 0 Å². The predicted octanol–water partition coefficient (Wildman–Crippen LogP) is 3.85. The molecule has 4 nitrogen and oxygen atoms in total. The van der Waals surface area contributed by atoms with Crippen LogP contribution in [-0.2, 0) is 13.0 Å². The Morgan fingerprint density at radius 2 is 1.76 bits per heavy atom. The Morgan fingerprint density at radius 1 is 1.08 bits per heavy atom. The van der Waals surface area contributed by atoms with Crippen molar-refractivity contribution in [3.63, 3.8) is 0 Å². The van der Waals surface area contributed by atoms with Gasteiger partial charge in [0, 0.05) is 19.8 Å². The van der Waals surface area contributed by atoms with Gasteiger partial charge in [0.15, 0.2) is 5.69 Å². The third kappa shape index (κ3) is 3.76. The van der Waals surface area contributed by atoms with E-state index < -0.39 is 0 Å². The Balaban J connectivity index is 1.73. The lowest BCUT2D eigenvalue weighted by Crippen LogP contribution is -2.26. The number of nitrogens with zero attached hydrogens (tertiary/aromatic N) is 3. The Hall–Kier alpha value is -2.95. The standard InChI is InChI=1S/C20H20FN3O/c1-3-15-8-10-16(11-9-15)14-23(2)20(25)18-12-13-24(22-18)19-7-5-4-6-17(19)21/h4-13H,3,14H2,1-2H3. The van der Waals surface area contributed by atoms with Crippen molar-refractivity contribution in [1.82, 2.24) is 14.7 Å². The molecule has 0 spiro atoms. The van der Waals surface area contributed by atoms with Crippen LogP contribution in [0.5, 0.6) is 0 Å². The van der Waals surface area contributed by atoms with E-state index in [1.165, 1.54) is 16.3 Å². The summed E-state index contributed by atoms with van der Waals surface area (Å²) in [5.41, 5.74) is 2.93. The Bertz CT molecular complexity index is 871. The highest BCUT2D eigenvalue weighted by Gasteiger charge is 2.16. The van der Waals surface area contributed by atoms with Gasteiger partial charge in [-0.3, -0.25) is 4.79 Å². The van der Waals surface area contributed by atoms with E-state index in [-0.39, 0.29) is 17.4 Å². The molecule has 1 aromatic heterocycles. The highest BCUT2D eigenvalue weighted by molar-refractivity contribution is 5.92. The van der Waals surface area contributed by atoms with Crippen LogP contribution in [0.3, 0.4) is 0 Å². The quantitative estimate of drug-likeness (QED) is 0.709. The molecule has 0 atom stereocenters. The second kappa shape index (κ2) is 7.30. The normalized spacial score (nSPS) is 10.7. The summed E-state index contributed by atoms with van der Waals surface area (Å²) in [6, 6.07) is 16.1. The lowest BCUT2D eigenvalue weighted by molar-refractivity contribution is 0.0779. The summed E-state index contributed by atoms with van der Waals surface area (Å²) in [6.07, 6.45) is 2.58. The maximum Gasteiger partial charge on any atom is 0.274 e. The Morgan fingerprint density at radius 3 is 2.44 bits per heavy atom. The monoisotopic (exact) mass is 337 g/mol. The molecule has 0 fully saturated rings. The molecule has 25 heavy (non-hydrogen) atoms. The number of benzene rings is 2. The second-order valence-electron chi connectivity index (χ2n) is 5.93. The van der Waals surface area contributed by atoms with E-state index in [9.17, 15) is 9.18 Å². The van der Waals surface area contributed by atoms with E-state index in [2.05, 4.69) is 24.2 Å². The molecule has 0 saturated heterocycles. The topological polar surface area (TPSA) is 38.1 Å². The maximum atomic E-state index is 13.8. The Kier molecular flexibility index (Phi) is 4.93. The number of amides is 1. The van der Waals surface area contributed by atoms with E-state index in [4.69, 9.17) is 0 Å². The molecule has 0 aliphatic heterocycles. The van der Waals surface area contributed by atoms with Gasteiger partial charge in [0.2, 0.25) is 0 Å². The number of hydrogen-bond donors (Lipinski definition) is 0. The SMILES string of the molecule is CCc1ccc(CN(C)C(=O)c2ccn(-c3ccccc3F)n2)cc1. The molecule has 0 unspecified atom stereocenters. The van der Waals surface area contributed by atoms with Crippen LogP contribution in [0.1, 0.15) is 28.5 Å². The first-order chi connectivity index (χ1) is 12.1. The molecule has 1 amide bonds. The van der Waals surface area contributed by atoms with Crippen molar-refractivity contribution in [2.75, 3.05) is 7.05 Å². The van der Waals surface area contributed by atoms with Crippen molar-refractivity contribution < 1.29 is 9.18 Å². The number of carbonyl (C=O) groups is 1. The van der Waals surface area contributed by atoms with Crippen molar-refractivity contribution >= 4 is 5.91 Å². The highest BCUT2D eigenvalue weighted by atomic mass is 19.1. The number of hydrogen-bond acceptors (Lipinski definition) is 2. The zero-order chi connectivity index (χ0) is 17.8. The summed E-state index contributed by atoms with van der Waals surface area (Å²) >= 11 is 0. The summed E-state index contributed by atoms with van der Waals surface area (Å²) in [4.78, 5) is 14.2. The average molecular weight is 337 g/mol. The molecule has 0 bridgehead atoms. The summed E-state index contributed by atoms with van der Waals surface area (Å²) < 4.78 is 15.2. The predicted molar refractivity (Wildman–Crippen MR) is 95.1 cm³/mol. The van der Waals surface area contributed by atoms with Crippen molar-refractivity contribution in [1.29, 1.82) is 0 Å². The fourth-order valence-corrected chi connectivity index (χ4v) is 2.63. The summed E-state index contributed by atoms with van der Waals surface area (Å²) in [7, 11) is 1.73. The fourth-order valence-electron chi connectivity index (χ4n) is 2.63. The van der Waals surface area contributed by atoms with E-state index in [0.717, 1.165) is 12.0 Å². The lowest BCUT2D eigenvalue weighted by atomic mass is 10.1. The first-order valence-electron chi connectivity index (χ1n) is 8.22. The number of halogens is 1. The van der Waals surface area contributed by atoms with Crippen LogP contribution < -0.4 is 0 Å². The minimum Gasteiger partial charge on any atom is -0.336 e. The number of rotatable bonds is 5.